The van der Waals surface area contributed by atoms with Crippen LogP contribution in [-0.4, -0.2) is 23.1 Å². The quantitative estimate of drug-likeness (QED) is 0.836. The van der Waals surface area contributed by atoms with E-state index in [9.17, 15) is 5.26 Å². The summed E-state index contributed by atoms with van der Waals surface area (Å²) in [7, 11) is 0. The number of benzene rings is 1. The molecule has 0 spiro atoms. The maximum absolute atomic E-state index is 9.17. The van der Waals surface area contributed by atoms with Crippen LogP contribution in [0.5, 0.6) is 0 Å². The summed E-state index contributed by atoms with van der Waals surface area (Å²) in [4.78, 5) is 11.2. The van der Waals surface area contributed by atoms with Crippen molar-refractivity contribution in [2.45, 2.75) is 19.3 Å². The molecular weight excluding hydrogens is 248 g/mol. The molecule has 4 nitrogen and oxygen atoms in total. The SMILES string of the molecule is N#Cc1cc(N2CCCCC2)nc(-c2ccccc2)n1. The number of hydrogen-bond acceptors (Lipinski definition) is 4. The van der Waals surface area contributed by atoms with Crippen molar-refractivity contribution in [2.75, 3.05) is 18.0 Å². The summed E-state index contributed by atoms with van der Waals surface area (Å²) in [5.74, 6) is 1.50. The van der Waals surface area contributed by atoms with Crippen molar-refractivity contribution in [3.63, 3.8) is 0 Å². The van der Waals surface area contributed by atoms with Gasteiger partial charge >= 0.3 is 0 Å². The second-order valence-corrected chi connectivity index (χ2v) is 4.96. The number of nitrogens with zero attached hydrogens (tertiary/aromatic N) is 4. The molecule has 1 aliphatic heterocycles. The molecule has 1 aromatic carbocycles. The highest BCUT2D eigenvalue weighted by Gasteiger charge is 2.15. The molecule has 20 heavy (non-hydrogen) atoms. The summed E-state index contributed by atoms with van der Waals surface area (Å²) < 4.78 is 0. The number of nitriles is 1. The molecule has 0 bridgehead atoms. The highest BCUT2D eigenvalue weighted by molar-refractivity contribution is 5.59. The maximum Gasteiger partial charge on any atom is 0.162 e. The minimum Gasteiger partial charge on any atom is -0.356 e. The van der Waals surface area contributed by atoms with Crippen molar-refractivity contribution in [1.82, 2.24) is 9.97 Å². The summed E-state index contributed by atoms with van der Waals surface area (Å²) in [5.41, 5.74) is 1.38. The van der Waals surface area contributed by atoms with Gasteiger partial charge in [-0.25, -0.2) is 9.97 Å². The van der Waals surface area contributed by atoms with E-state index in [-0.39, 0.29) is 0 Å². The van der Waals surface area contributed by atoms with Gasteiger partial charge in [0.25, 0.3) is 0 Å². The van der Waals surface area contributed by atoms with Gasteiger partial charge in [0, 0.05) is 24.7 Å². The summed E-state index contributed by atoms with van der Waals surface area (Å²) in [6, 6.07) is 13.7. The molecule has 3 rings (SSSR count). The van der Waals surface area contributed by atoms with Gasteiger partial charge in [-0.3, -0.25) is 0 Å². The fraction of sp³-hybridized carbons (Fsp3) is 0.312. The third-order valence-corrected chi connectivity index (χ3v) is 3.54. The molecule has 1 fully saturated rings. The minimum atomic E-state index is 0.430. The van der Waals surface area contributed by atoms with Gasteiger partial charge in [0.05, 0.1) is 0 Å². The normalized spacial score (nSPS) is 14.8. The molecular formula is C16H16N4. The van der Waals surface area contributed by atoms with E-state index in [1.807, 2.05) is 30.3 Å². The Morgan fingerprint density at radius 2 is 1.75 bits per heavy atom. The van der Waals surface area contributed by atoms with Crippen LogP contribution < -0.4 is 4.90 Å². The average Bonchev–Trinajstić information content (AvgIpc) is 2.56. The van der Waals surface area contributed by atoms with Crippen LogP contribution in [0.1, 0.15) is 25.0 Å². The topological polar surface area (TPSA) is 52.8 Å². The van der Waals surface area contributed by atoms with Gasteiger partial charge in [0.15, 0.2) is 5.82 Å². The standard InChI is InChI=1S/C16H16N4/c17-12-14-11-15(20-9-5-2-6-10-20)19-16(18-14)13-7-3-1-4-8-13/h1,3-4,7-8,11H,2,5-6,9-10H2. The summed E-state index contributed by atoms with van der Waals surface area (Å²) in [5, 5.41) is 9.17. The van der Waals surface area contributed by atoms with Gasteiger partial charge in [0.2, 0.25) is 0 Å². The monoisotopic (exact) mass is 264 g/mol. The lowest BCUT2D eigenvalue weighted by Gasteiger charge is -2.27. The lowest BCUT2D eigenvalue weighted by molar-refractivity contribution is 0.573. The van der Waals surface area contributed by atoms with E-state index in [4.69, 9.17) is 0 Å². The van der Waals surface area contributed by atoms with E-state index in [1.54, 1.807) is 6.07 Å². The van der Waals surface area contributed by atoms with E-state index in [1.165, 1.54) is 19.3 Å². The average molecular weight is 264 g/mol. The van der Waals surface area contributed by atoms with Crippen molar-refractivity contribution < 1.29 is 0 Å². The molecule has 4 heteroatoms. The maximum atomic E-state index is 9.17. The van der Waals surface area contributed by atoms with Crippen LogP contribution in [-0.2, 0) is 0 Å². The van der Waals surface area contributed by atoms with Crippen molar-refractivity contribution in [3.05, 3.63) is 42.1 Å². The molecule has 0 saturated carbocycles. The zero-order valence-corrected chi connectivity index (χ0v) is 11.3. The highest BCUT2D eigenvalue weighted by Crippen LogP contribution is 2.22. The second-order valence-electron chi connectivity index (χ2n) is 4.96. The lowest BCUT2D eigenvalue weighted by atomic mass is 10.1. The Balaban J connectivity index is 2.01. The Labute approximate surface area is 118 Å². The largest absolute Gasteiger partial charge is 0.356 e. The Morgan fingerprint density at radius 1 is 1.00 bits per heavy atom. The van der Waals surface area contributed by atoms with Crippen LogP contribution in [0.15, 0.2) is 36.4 Å². The van der Waals surface area contributed by atoms with E-state index in [2.05, 4.69) is 20.9 Å². The smallest absolute Gasteiger partial charge is 0.162 e. The fourth-order valence-electron chi connectivity index (χ4n) is 2.49. The minimum absolute atomic E-state index is 0.430. The van der Waals surface area contributed by atoms with Crippen LogP contribution in [0.3, 0.4) is 0 Å². The highest BCUT2D eigenvalue weighted by atomic mass is 15.2. The molecule has 1 aliphatic rings. The van der Waals surface area contributed by atoms with Crippen molar-refractivity contribution in [3.8, 4) is 17.5 Å². The van der Waals surface area contributed by atoms with E-state index in [0.29, 0.717) is 11.5 Å². The van der Waals surface area contributed by atoms with Crippen LogP contribution in [0.25, 0.3) is 11.4 Å². The predicted molar refractivity (Wildman–Crippen MR) is 78.2 cm³/mol. The molecule has 0 N–H and O–H groups in total. The number of piperidine rings is 1. The van der Waals surface area contributed by atoms with Crippen LogP contribution >= 0.6 is 0 Å². The predicted octanol–water partition coefficient (Wildman–Crippen LogP) is 3.01. The van der Waals surface area contributed by atoms with Crippen LogP contribution in [0.4, 0.5) is 5.82 Å². The first-order valence-corrected chi connectivity index (χ1v) is 6.96. The van der Waals surface area contributed by atoms with E-state index in [0.717, 1.165) is 24.5 Å². The molecule has 100 valence electrons. The Bertz CT molecular complexity index is 625. The molecule has 2 aromatic rings. The first-order valence-electron chi connectivity index (χ1n) is 6.96. The molecule has 0 amide bonds. The van der Waals surface area contributed by atoms with Gasteiger partial charge in [-0.15, -0.1) is 0 Å². The Morgan fingerprint density at radius 3 is 2.45 bits per heavy atom. The number of anilines is 1. The number of aromatic nitrogens is 2. The number of rotatable bonds is 2. The molecule has 0 radical (unpaired) electrons. The third kappa shape index (κ3) is 2.62. The molecule has 1 aromatic heterocycles. The second kappa shape index (κ2) is 5.70. The fourth-order valence-corrected chi connectivity index (χ4v) is 2.49. The van der Waals surface area contributed by atoms with Gasteiger partial charge in [-0.2, -0.15) is 5.26 Å². The summed E-state index contributed by atoms with van der Waals surface area (Å²) >= 11 is 0. The first kappa shape index (κ1) is 12.6. The van der Waals surface area contributed by atoms with Crippen molar-refractivity contribution in [1.29, 1.82) is 5.26 Å². The summed E-state index contributed by atoms with van der Waals surface area (Å²) in [6.07, 6.45) is 3.65. The molecule has 0 aliphatic carbocycles. The van der Waals surface area contributed by atoms with Crippen molar-refractivity contribution in [2.24, 2.45) is 0 Å². The molecule has 1 saturated heterocycles. The van der Waals surface area contributed by atoms with Crippen LogP contribution in [0, 0.1) is 11.3 Å². The Hall–Kier alpha value is -2.41. The van der Waals surface area contributed by atoms with Gasteiger partial charge in [0.1, 0.15) is 17.6 Å². The van der Waals surface area contributed by atoms with E-state index >= 15 is 0 Å². The number of hydrogen-bond donors (Lipinski definition) is 0. The summed E-state index contributed by atoms with van der Waals surface area (Å²) in [6.45, 7) is 2.02. The zero-order chi connectivity index (χ0) is 13.8. The van der Waals surface area contributed by atoms with E-state index < -0.39 is 0 Å². The van der Waals surface area contributed by atoms with Crippen LogP contribution in [0.2, 0.25) is 0 Å². The lowest BCUT2D eigenvalue weighted by Crippen LogP contribution is -2.30. The molecule has 0 unspecified atom stereocenters. The third-order valence-electron chi connectivity index (χ3n) is 3.54. The molecule has 0 atom stereocenters. The Kier molecular flexibility index (Phi) is 3.60. The van der Waals surface area contributed by atoms with Gasteiger partial charge < -0.3 is 4.90 Å². The zero-order valence-electron chi connectivity index (χ0n) is 11.3. The van der Waals surface area contributed by atoms with Gasteiger partial charge in [-0.1, -0.05) is 30.3 Å². The van der Waals surface area contributed by atoms with Gasteiger partial charge in [-0.05, 0) is 19.3 Å². The molecule has 2 heterocycles. The van der Waals surface area contributed by atoms with Crippen molar-refractivity contribution >= 4 is 5.82 Å². The first-order chi connectivity index (χ1) is 9.86.